The average Bonchev–Trinajstić information content (AvgIpc) is 3.63. The van der Waals surface area contributed by atoms with Crippen LogP contribution in [0.5, 0.6) is 5.75 Å². The fourth-order valence-corrected chi connectivity index (χ4v) is 5.27. The molecule has 9 heteroatoms. The van der Waals surface area contributed by atoms with Gasteiger partial charge in [-0.1, -0.05) is 29.5 Å². The number of aromatic nitrogens is 1. The maximum absolute atomic E-state index is 13.6. The number of aryl methyl sites for hydroxylation is 1. The summed E-state index contributed by atoms with van der Waals surface area (Å²) in [6.45, 7) is 1.76. The number of ether oxygens (including phenoxy) is 1. The minimum absolute atomic E-state index is 0.0183. The third-order valence-electron chi connectivity index (χ3n) is 5.92. The van der Waals surface area contributed by atoms with Crippen LogP contribution in [0.4, 0.5) is 5.13 Å². The standard InChI is InChI=1S/C26H18N2O6S/c1-13-7-10-18(33-13)22-21(23(29)19-11-14-5-3-4-6-17(14)34-19)24(30)25(31)28(22)26-27-16-9-8-15(32-2)12-20(16)35-26/h3-12,22,30H,1-2H3/t22-/m1/s1. The quantitative estimate of drug-likeness (QED) is 0.316. The van der Waals surface area contributed by atoms with Crippen molar-refractivity contribution in [3.8, 4) is 5.75 Å². The summed E-state index contributed by atoms with van der Waals surface area (Å²) in [4.78, 5) is 32.9. The van der Waals surface area contributed by atoms with Crippen LogP contribution in [-0.4, -0.2) is 28.9 Å². The van der Waals surface area contributed by atoms with Crippen LogP contribution in [0.2, 0.25) is 0 Å². The van der Waals surface area contributed by atoms with E-state index in [-0.39, 0.29) is 11.3 Å². The largest absolute Gasteiger partial charge is 0.503 e. The second-order valence-electron chi connectivity index (χ2n) is 8.10. The Morgan fingerprint density at radius 2 is 1.94 bits per heavy atom. The van der Waals surface area contributed by atoms with Crippen LogP contribution < -0.4 is 9.64 Å². The lowest BCUT2D eigenvalue weighted by molar-refractivity contribution is -0.117. The number of rotatable bonds is 5. The number of hydrogen-bond acceptors (Lipinski definition) is 8. The molecular formula is C26H18N2O6S. The molecule has 8 nitrogen and oxygen atoms in total. The number of furan rings is 2. The fraction of sp³-hybridized carbons (Fsp3) is 0.115. The van der Waals surface area contributed by atoms with Gasteiger partial charge in [0.05, 0.1) is 22.9 Å². The number of anilines is 1. The number of benzene rings is 2. The second-order valence-corrected chi connectivity index (χ2v) is 9.11. The summed E-state index contributed by atoms with van der Waals surface area (Å²) in [5.74, 6) is -0.401. The van der Waals surface area contributed by atoms with Gasteiger partial charge in [-0.2, -0.15) is 0 Å². The van der Waals surface area contributed by atoms with E-state index in [0.29, 0.717) is 33.5 Å². The lowest BCUT2D eigenvalue weighted by Crippen LogP contribution is -2.30. The molecule has 0 saturated heterocycles. The molecule has 35 heavy (non-hydrogen) atoms. The molecular weight excluding hydrogens is 468 g/mol. The third kappa shape index (κ3) is 3.31. The lowest BCUT2D eigenvalue weighted by atomic mass is 10.00. The zero-order chi connectivity index (χ0) is 24.3. The SMILES string of the molecule is COc1ccc2nc(N3C(=O)C(O)=C(C(=O)c4cc5ccccc5o4)[C@H]3c3ccc(C)o3)sc2c1. The molecule has 0 aliphatic carbocycles. The summed E-state index contributed by atoms with van der Waals surface area (Å²) in [6, 6.07) is 16.6. The highest BCUT2D eigenvalue weighted by molar-refractivity contribution is 7.22. The van der Waals surface area contributed by atoms with E-state index >= 15 is 0 Å². The molecule has 1 aliphatic rings. The van der Waals surface area contributed by atoms with E-state index in [1.54, 1.807) is 56.5 Å². The van der Waals surface area contributed by atoms with Gasteiger partial charge in [0.15, 0.2) is 16.7 Å². The number of para-hydroxylation sites is 1. The van der Waals surface area contributed by atoms with Crippen LogP contribution in [0.25, 0.3) is 21.2 Å². The Kier molecular flexibility index (Phi) is 4.75. The summed E-state index contributed by atoms with van der Waals surface area (Å²) in [5, 5.41) is 12.0. The number of methoxy groups -OCH3 is 1. The molecule has 1 atom stereocenters. The second kappa shape index (κ2) is 7.85. The third-order valence-corrected chi connectivity index (χ3v) is 6.94. The van der Waals surface area contributed by atoms with E-state index in [4.69, 9.17) is 13.6 Å². The van der Waals surface area contributed by atoms with Crippen LogP contribution in [0.3, 0.4) is 0 Å². The Morgan fingerprint density at radius 1 is 1.11 bits per heavy atom. The smallest absolute Gasteiger partial charge is 0.296 e. The van der Waals surface area contributed by atoms with E-state index in [2.05, 4.69) is 4.98 Å². The monoisotopic (exact) mass is 486 g/mol. The summed E-state index contributed by atoms with van der Waals surface area (Å²) >= 11 is 1.25. The zero-order valence-corrected chi connectivity index (χ0v) is 19.5. The van der Waals surface area contributed by atoms with Crippen molar-refractivity contribution in [2.75, 3.05) is 12.0 Å². The van der Waals surface area contributed by atoms with Gasteiger partial charge in [0.1, 0.15) is 28.9 Å². The number of aliphatic hydroxyl groups excluding tert-OH is 1. The number of fused-ring (bicyclic) bond motifs is 2. The number of amides is 1. The fourth-order valence-electron chi connectivity index (χ4n) is 4.25. The molecule has 1 N–H and O–H groups in total. The molecule has 0 saturated carbocycles. The number of carbonyl (C=O) groups excluding carboxylic acids is 2. The average molecular weight is 487 g/mol. The molecule has 0 unspecified atom stereocenters. The van der Waals surface area contributed by atoms with Crippen LogP contribution in [0.1, 0.15) is 28.1 Å². The van der Waals surface area contributed by atoms with Crippen molar-refractivity contribution in [1.82, 2.24) is 4.98 Å². The normalized spacial score (nSPS) is 16.1. The molecule has 0 fully saturated rings. The van der Waals surface area contributed by atoms with E-state index in [1.807, 2.05) is 18.2 Å². The van der Waals surface area contributed by atoms with Gasteiger partial charge in [-0.25, -0.2) is 4.98 Å². The summed E-state index contributed by atoms with van der Waals surface area (Å²) < 4.78 is 17.7. The molecule has 4 heterocycles. The summed E-state index contributed by atoms with van der Waals surface area (Å²) in [7, 11) is 1.57. The van der Waals surface area contributed by atoms with Crippen LogP contribution >= 0.6 is 11.3 Å². The predicted molar refractivity (Wildman–Crippen MR) is 130 cm³/mol. The van der Waals surface area contributed by atoms with Crippen LogP contribution in [-0.2, 0) is 4.79 Å². The number of carbonyl (C=O) groups is 2. The molecule has 2 aromatic carbocycles. The van der Waals surface area contributed by atoms with Crippen molar-refractivity contribution in [3.05, 3.63) is 89.3 Å². The Hall–Kier alpha value is -4.37. The summed E-state index contributed by atoms with van der Waals surface area (Å²) in [6.07, 6.45) is 0. The Labute approximate surface area is 202 Å². The van der Waals surface area contributed by atoms with E-state index in [0.717, 1.165) is 10.1 Å². The highest BCUT2D eigenvalue weighted by atomic mass is 32.1. The number of hydrogen-bond donors (Lipinski definition) is 1. The first-order valence-corrected chi connectivity index (χ1v) is 11.6. The van der Waals surface area contributed by atoms with Gasteiger partial charge in [0.25, 0.3) is 5.91 Å². The topological polar surface area (TPSA) is 106 Å². The number of nitrogens with zero attached hydrogens (tertiary/aromatic N) is 2. The Balaban J connectivity index is 1.49. The van der Waals surface area contributed by atoms with Gasteiger partial charge in [-0.05, 0) is 49.4 Å². The number of ketones is 1. The zero-order valence-electron chi connectivity index (χ0n) is 18.6. The van der Waals surface area contributed by atoms with Crippen molar-refractivity contribution in [1.29, 1.82) is 0 Å². The molecule has 3 aromatic heterocycles. The van der Waals surface area contributed by atoms with Crippen molar-refractivity contribution in [3.63, 3.8) is 0 Å². The van der Waals surface area contributed by atoms with Gasteiger partial charge in [0, 0.05) is 5.39 Å². The van der Waals surface area contributed by atoms with E-state index < -0.39 is 23.5 Å². The minimum Gasteiger partial charge on any atom is -0.503 e. The highest BCUT2D eigenvalue weighted by Crippen LogP contribution is 2.45. The summed E-state index contributed by atoms with van der Waals surface area (Å²) in [5.41, 5.74) is 1.06. The number of Topliss-reactive ketones (excluding diaryl/α,β-unsaturated/α-hetero) is 1. The molecule has 6 rings (SSSR count). The van der Waals surface area contributed by atoms with E-state index in [1.165, 1.54) is 16.2 Å². The lowest BCUT2D eigenvalue weighted by Gasteiger charge is -2.21. The molecule has 0 bridgehead atoms. The number of aliphatic hydroxyl groups is 1. The molecule has 1 amide bonds. The molecule has 0 radical (unpaired) electrons. The Bertz CT molecular complexity index is 1640. The maximum atomic E-state index is 13.6. The van der Waals surface area contributed by atoms with Crippen LogP contribution in [0.15, 0.2) is 80.8 Å². The van der Waals surface area contributed by atoms with Crippen molar-refractivity contribution in [2.45, 2.75) is 13.0 Å². The predicted octanol–water partition coefficient (Wildman–Crippen LogP) is 5.74. The molecule has 1 aliphatic heterocycles. The number of thiazole rings is 1. The van der Waals surface area contributed by atoms with Crippen LogP contribution in [0, 0.1) is 6.92 Å². The molecule has 5 aromatic rings. The van der Waals surface area contributed by atoms with Gasteiger partial charge in [-0.15, -0.1) is 0 Å². The van der Waals surface area contributed by atoms with Gasteiger partial charge in [-0.3, -0.25) is 14.5 Å². The van der Waals surface area contributed by atoms with Crippen molar-refractivity contribution < 1.29 is 28.3 Å². The van der Waals surface area contributed by atoms with E-state index in [9.17, 15) is 14.7 Å². The van der Waals surface area contributed by atoms with Crippen molar-refractivity contribution in [2.24, 2.45) is 0 Å². The van der Waals surface area contributed by atoms with Crippen molar-refractivity contribution >= 4 is 49.3 Å². The first-order valence-electron chi connectivity index (χ1n) is 10.8. The highest BCUT2D eigenvalue weighted by Gasteiger charge is 2.48. The first kappa shape index (κ1) is 21.2. The molecule has 174 valence electrons. The maximum Gasteiger partial charge on any atom is 0.296 e. The van der Waals surface area contributed by atoms with Gasteiger partial charge < -0.3 is 18.7 Å². The van der Waals surface area contributed by atoms with Gasteiger partial charge >= 0.3 is 0 Å². The minimum atomic E-state index is -1.01. The molecule has 0 spiro atoms. The van der Waals surface area contributed by atoms with Gasteiger partial charge in [0.2, 0.25) is 5.78 Å². The first-order chi connectivity index (χ1) is 16.9. The Morgan fingerprint density at radius 3 is 2.69 bits per heavy atom.